The summed E-state index contributed by atoms with van der Waals surface area (Å²) in [5, 5.41) is 6.92. The van der Waals surface area contributed by atoms with Crippen LogP contribution in [0, 0.1) is 0 Å². The monoisotopic (exact) mass is 818 g/mol. The van der Waals surface area contributed by atoms with Crippen LogP contribution in [-0.4, -0.2) is 15.8 Å². The molecule has 62 heavy (non-hydrogen) atoms. The molecule has 8 aromatic carbocycles. The molecule has 0 radical (unpaired) electrons. The molecule has 11 aromatic rings. The van der Waals surface area contributed by atoms with Gasteiger partial charge in [-0.25, -0.2) is 0 Å². The van der Waals surface area contributed by atoms with Crippen molar-refractivity contribution >= 4 is 100 Å². The number of hydrogen-bond donors (Lipinski definition) is 0. The number of furan rings is 1. The van der Waals surface area contributed by atoms with Crippen LogP contribution in [0.1, 0.15) is 52.7 Å². The third-order valence-corrected chi connectivity index (χ3v) is 14.7. The molecule has 4 nitrogen and oxygen atoms in total. The summed E-state index contributed by atoms with van der Waals surface area (Å²) in [5.74, 6) is 1.84. The molecule has 0 saturated carbocycles. The number of aromatic nitrogens is 2. The lowest BCUT2D eigenvalue weighted by atomic mass is 9.35. The maximum absolute atomic E-state index is 7.15. The molecule has 0 unspecified atom stereocenters. The van der Waals surface area contributed by atoms with Gasteiger partial charge in [0.05, 0.1) is 38.5 Å². The maximum atomic E-state index is 7.15. The van der Waals surface area contributed by atoms with Gasteiger partial charge in [-0.2, -0.15) is 0 Å². The molecule has 0 fully saturated rings. The Hall–Kier alpha value is -6.63. The zero-order valence-corrected chi connectivity index (χ0v) is 36.4. The first-order valence-corrected chi connectivity index (χ1v) is 22.5. The van der Waals surface area contributed by atoms with Crippen molar-refractivity contribution in [3.63, 3.8) is 0 Å². The Morgan fingerprint density at radius 2 is 1.06 bits per heavy atom. The van der Waals surface area contributed by atoms with E-state index >= 15 is 0 Å². The first kappa shape index (κ1) is 36.1. The number of benzene rings is 8. The predicted octanol–water partition coefficient (Wildman–Crippen LogP) is 13.5. The van der Waals surface area contributed by atoms with Crippen LogP contribution in [0.4, 0.5) is 0 Å². The molecule has 0 spiro atoms. The van der Waals surface area contributed by atoms with E-state index in [2.05, 4.69) is 202 Å². The van der Waals surface area contributed by atoms with Crippen LogP contribution in [0.15, 0.2) is 166 Å². The highest BCUT2D eigenvalue weighted by atomic mass is 32.2. The van der Waals surface area contributed by atoms with Crippen LogP contribution >= 0.6 is 11.8 Å². The van der Waals surface area contributed by atoms with E-state index in [9.17, 15) is 0 Å². The van der Waals surface area contributed by atoms with Gasteiger partial charge in [-0.1, -0.05) is 156 Å². The molecule has 0 amide bonds. The van der Waals surface area contributed by atoms with E-state index in [1.165, 1.54) is 48.1 Å². The summed E-state index contributed by atoms with van der Waals surface area (Å²) in [7, 11) is 0. The van der Waals surface area contributed by atoms with Crippen molar-refractivity contribution in [2.45, 2.75) is 62.2 Å². The van der Waals surface area contributed by atoms with Crippen molar-refractivity contribution in [3.8, 4) is 22.9 Å². The maximum Gasteiger partial charge on any atom is 0.253 e. The van der Waals surface area contributed by atoms with E-state index in [1.807, 2.05) is 11.8 Å². The molecule has 3 aromatic heterocycles. The molecule has 298 valence electrons. The lowest BCUT2D eigenvalue weighted by Gasteiger charge is -2.35. The van der Waals surface area contributed by atoms with E-state index in [4.69, 9.17) is 9.15 Å². The van der Waals surface area contributed by atoms with Gasteiger partial charge in [0.2, 0.25) is 0 Å². The summed E-state index contributed by atoms with van der Waals surface area (Å²) >= 11 is 1.87. The Bertz CT molecular complexity index is 3640. The first-order chi connectivity index (χ1) is 30.0. The topological polar surface area (TPSA) is 32.2 Å². The van der Waals surface area contributed by atoms with Gasteiger partial charge in [-0.3, -0.25) is 0 Å². The lowest BCUT2D eigenvalue weighted by Crippen LogP contribution is -2.58. The zero-order valence-electron chi connectivity index (χ0n) is 35.6. The number of hydrogen-bond acceptors (Lipinski definition) is 3. The number of nitrogens with zero attached hydrogens (tertiary/aromatic N) is 2. The fourth-order valence-corrected chi connectivity index (χ4v) is 11.7. The molecule has 6 heteroatoms. The highest BCUT2D eigenvalue weighted by molar-refractivity contribution is 8.00. The molecule has 5 heterocycles. The molecule has 2 aliphatic heterocycles. The first-order valence-electron chi connectivity index (χ1n) is 21.7. The van der Waals surface area contributed by atoms with Gasteiger partial charge in [-0.15, -0.1) is 0 Å². The van der Waals surface area contributed by atoms with E-state index in [0.717, 1.165) is 77.7 Å². The molecule has 0 atom stereocenters. The minimum atomic E-state index is -0.00172. The van der Waals surface area contributed by atoms with Crippen LogP contribution in [-0.2, 0) is 10.8 Å². The Balaban J connectivity index is 1.17. The molecule has 13 rings (SSSR count). The fraction of sp³-hybridized carbons (Fsp3) is 0.143. The van der Waals surface area contributed by atoms with Crippen LogP contribution < -0.4 is 21.1 Å². The smallest absolute Gasteiger partial charge is 0.253 e. The largest absolute Gasteiger partial charge is 0.458 e. The molecular formula is C56H43BN2O2S. The van der Waals surface area contributed by atoms with Gasteiger partial charge in [-0.05, 0) is 81.4 Å². The Morgan fingerprint density at radius 3 is 1.77 bits per heavy atom. The Morgan fingerprint density at radius 1 is 0.484 bits per heavy atom. The number of ether oxygens (including phenoxy) is 1. The van der Waals surface area contributed by atoms with E-state index < -0.39 is 0 Å². The minimum absolute atomic E-state index is 0.00172. The second kappa shape index (κ2) is 12.5. The third-order valence-electron chi connectivity index (χ3n) is 13.5. The molecule has 0 bridgehead atoms. The van der Waals surface area contributed by atoms with Crippen molar-refractivity contribution in [2.75, 3.05) is 0 Å². The number of fused-ring (bicyclic) bond motifs is 16. The van der Waals surface area contributed by atoms with E-state index in [1.54, 1.807) is 0 Å². The lowest BCUT2D eigenvalue weighted by molar-refractivity contribution is 0.485. The van der Waals surface area contributed by atoms with Crippen LogP contribution in [0.25, 0.3) is 76.9 Å². The zero-order chi connectivity index (χ0) is 41.8. The second-order valence-corrected chi connectivity index (χ2v) is 20.4. The molecule has 2 aliphatic rings. The summed E-state index contributed by atoms with van der Waals surface area (Å²) in [6.07, 6.45) is 0. The average molecular weight is 819 g/mol. The van der Waals surface area contributed by atoms with Crippen LogP contribution in [0.3, 0.4) is 0 Å². The van der Waals surface area contributed by atoms with Crippen molar-refractivity contribution < 1.29 is 9.15 Å². The van der Waals surface area contributed by atoms with Crippen molar-refractivity contribution in [1.82, 2.24) is 9.13 Å². The highest BCUT2D eigenvalue weighted by Gasteiger charge is 2.41. The van der Waals surface area contributed by atoms with Crippen LogP contribution in [0.5, 0.6) is 11.5 Å². The van der Waals surface area contributed by atoms with Gasteiger partial charge < -0.3 is 18.3 Å². The molecule has 0 saturated heterocycles. The summed E-state index contributed by atoms with van der Waals surface area (Å²) in [6.45, 7) is 13.9. The van der Waals surface area contributed by atoms with Crippen LogP contribution in [0.2, 0.25) is 0 Å². The standard InChI is InChI=1S/C56H43BN2O2S/c1-55(2,3)32-24-26-44-39(28-32)57-40-29-33(56(4,5)6)25-27-46(40)62-47-31-35(30-45(60-44)51(47)57)59-42-22-14-11-19-37(42)49-52(59)48-36-18-10-13-21-41(36)58(34-16-8-7-9-17-34)53(48)50-38-20-12-15-23-43(38)61-54(49)50/h7-31H,1-6H3. The Kier molecular flexibility index (Phi) is 7.26. The second-order valence-electron chi connectivity index (χ2n) is 19.3. The molecule has 0 aliphatic carbocycles. The molecular weight excluding hydrogens is 776 g/mol. The summed E-state index contributed by atoms with van der Waals surface area (Å²) in [5.41, 5.74) is 15.1. The third kappa shape index (κ3) is 4.93. The highest BCUT2D eigenvalue weighted by Crippen LogP contribution is 2.50. The van der Waals surface area contributed by atoms with E-state index in [-0.39, 0.29) is 17.5 Å². The average Bonchev–Trinajstić information content (AvgIpc) is 3.93. The number of para-hydroxylation sites is 4. The fourth-order valence-electron chi connectivity index (χ4n) is 10.5. The summed E-state index contributed by atoms with van der Waals surface area (Å²) < 4.78 is 19.2. The Labute approximate surface area is 364 Å². The van der Waals surface area contributed by atoms with Crippen molar-refractivity contribution in [3.05, 3.63) is 163 Å². The van der Waals surface area contributed by atoms with Crippen molar-refractivity contribution in [2.24, 2.45) is 0 Å². The van der Waals surface area contributed by atoms with Gasteiger partial charge in [0.25, 0.3) is 6.71 Å². The molecule has 0 N–H and O–H groups in total. The summed E-state index contributed by atoms with van der Waals surface area (Å²) in [4.78, 5) is 2.52. The van der Waals surface area contributed by atoms with Gasteiger partial charge in [0.1, 0.15) is 22.7 Å². The predicted molar refractivity (Wildman–Crippen MR) is 262 cm³/mol. The minimum Gasteiger partial charge on any atom is -0.458 e. The van der Waals surface area contributed by atoms with E-state index in [0.29, 0.717) is 0 Å². The van der Waals surface area contributed by atoms with Crippen molar-refractivity contribution in [1.29, 1.82) is 0 Å². The van der Waals surface area contributed by atoms with Gasteiger partial charge in [0, 0.05) is 43.1 Å². The number of rotatable bonds is 2. The quantitative estimate of drug-likeness (QED) is 0.163. The summed E-state index contributed by atoms with van der Waals surface area (Å²) in [6, 6.07) is 55.8. The van der Waals surface area contributed by atoms with Gasteiger partial charge in [0.15, 0.2) is 0 Å². The normalized spacial score (nSPS) is 13.7. The van der Waals surface area contributed by atoms with Gasteiger partial charge >= 0.3 is 0 Å². The SMILES string of the molecule is CC(C)(C)c1ccc2c(c1)B1c3cc(C(C)(C)C)ccc3Sc3cc(-n4c5ccccc5c5c6oc7ccccc7c6c6c(c7ccccc7n6-c6ccccc6)c54)cc(c31)O2.